The third-order valence-electron chi connectivity index (χ3n) is 1.17. The Hall–Kier alpha value is -1.32. The average Bonchev–Trinajstić information content (AvgIpc) is 2.04. The fourth-order valence-electron chi connectivity index (χ4n) is 0.417. The van der Waals surface area contributed by atoms with Gasteiger partial charge in [-0.3, -0.25) is 4.79 Å². The topological polar surface area (TPSA) is 63.6 Å². The van der Waals surface area contributed by atoms with E-state index in [1.807, 2.05) is 13.8 Å². The summed E-state index contributed by atoms with van der Waals surface area (Å²) in [6.07, 6.45) is 0.524. The molecule has 0 spiro atoms. The van der Waals surface area contributed by atoms with Crippen molar-refractivity contribution in [3.63, 3.8) is 0 Å². The molecule has 82 valence electrons. The highest BCUT2D eigenvalue weighted by Gasteiger charge is 2.01. The molecule has 0 aliphatic rings. The van der Waals surface area contributed by atoms with Gasteiger partial charge in [-0.15, -0.1) is 0 Å². The van der Waals surface area contributed by atoms with Gasteiger partial charge in [0, 0.05) is 12.0 Å². The molecule has 0 fully saturated rings. The van der Waals surface area contributed by atoms with Gasteiger partial charge in [0.25, 0.3) is 0 Å². The highest BCUT2D eigenvalue weighted by molar-refractivity contribution is 5.84. The standard InChI is InChI=1S/C6H12O2.C4H6O2/c1-5(2)4-6(7)8-3;1-3(2)4(5)6/h5H,4H2,1-3H3;1H2,2H3,(H,5,6). The van der Waals surface area contributed by atoms with Crippen molar-refractivity contribution in [2.75, 3.05) is 7.11 Å². The average molecular weight is 202 g/mol. The number of hydrogen-bond acceptors (Lipinski definition) is 3. The number of rotatable bonds is 3. The van der Waals surface area contributed by atoms with E-state index in [2.05, 4.69) is 11.3 Å². The summed E-state index contributed by atoms with van der Waals surface area (Å²) >= 11 is 0. The molecule has 0 unspecified atom stereocenters. The van der Waals surface area contributed by atoms with Gasteiger partial charge in [0.1, 0.15) is 0 Å². The smallest absolute Gasteiger partial charge is 0.330 e. The van der Waals surface area contributed by atoms with E-state index in [1.165, 1.54) is 14.0 Å². The number of esters is 1. The monoisotopic (exact) mass is 202 g/mol. The van der Waals surface area contributed by atoms with E-state index in [0.29, 0.717) is 12.3 Å². The van der Waals surface area contributed by atoms with Gasteiger partial charge in [-0.1, -0.05) is 20.4 Å². The number of carboxylic acids is 1. The molecule has 0 saturated carbocycles. The minimum absolute atomic E-state index is 0.125. The van der Waals surface area contributed by atoms with E-state index < -0.39 is 5.97 Å². The molecule has 0 aromatic heterocycles. The first-order valence-corrected chi connectivity index (χ1v) is 4.26. The molecule has 4 nitrogen and oxygen atoms in total. The molecule has 0 saturated heterocycles. The fraction of sp³-hybridized carbons (Fsp3) is 0.600. The number of hydrogen-bond donors (Lipinski definition) is 1. The van der Waals surface area contributed by atoms with Crippen molar-refractivity contribution in [3.8, 4) is 0 Å². The van der Waals surface area contributed by atoms with Crippen LogP contribution < -0.4 is 0 Å². The molecule has 0 radical (unpaired) electrons. The van der Waals surface area contributed by atoms with Gasteiger partial charge in [0.05, 0.1) is 7.11 Å². The zero-order chi connectivity index (χ0) is 11.7. The van der Waals surface area contributed by atoms with Crippen LogP contribution in [0, 0.1) is 5.92 Å². The highest BCUT2D eigenvalue weighted by atomic mass is 16.5. The summed E-state index contributed by atoms with van der Waals surface area (Å²) in [5.74, 6) is -0.655. The number of carbonyl (C=O) groups is 2. The van der Waals surface area contributed by atoms with Crippen molar-refractivity contribution in [1.29, 1.82) is 0 Å². The molecule has 0 aromatic carbocycles. The van der Waals surface area contributed by atoms with Crippen LogP contribution in [0.15, 0.2) is 12.2 Å². The second-order valence-corrected chi connectivity index (χ2v) is 3.26. The molecule has 0 aromatic rings. The summed E-state index contributed by atoms with van der Waals surface area (Å²) in [5, 5.41) is 7.89. The van der Waals surface area contributed by atoms with Crippen LogP contribution in [0.1, 0.15) is 27.2 Å². The molecule has 0 rings (SSSR count). The maximum Gasteiger partial charge on any atom is 0.330 e. The van der Waals surface area contributed by atoms with Crippen molar-refractivity contribution in [3.05, 3.63) is 12.2 Å². The van der Waals surface area contributed by atoms with Crippen molar-refractivity contribution in [1.82, 2.24) is 0 Å². The van der Waals surface area contributed by atoms with E-state index >= 15 is 0 Å². The van der Waals surface area contributed by atoms with Crippen LogP contribution >= 0.6 is 0 Å². The molecule has 0 aliphatic carbocycles. The third kappa shape index (κ3) is 13.3. The van der Waals surface area contributed by atoms with Crippen LogP contribution in [0.3, 0.4) is 0 Å². The Balaban J connectivity index is 0. The van der Waals surface area contributed by atoms with E-state index in [1.54, 1.807) is 0 Å². The Morgan fingerprint density at radius 1 is 1.43 bits per heavy atom. The zero-order valence-corrected chi connectivity index (χ0v) is 9.16. The fourth-order valence-corrected chi connectivity index (χ4v) is 0.417. The minimum atomic E-state index is -0.935. The van der Waals surface area contributed by atoms with Crippen LogP contribution in [-0.4, -0.2) is 24.2 Å². The van der Waals surface area contributed by atoms with Crippen molar-refractivity contribution in [2.45, 2.75) is 27.2 Å². The van der Waals surface area contributed by atoms with Gasteiger partial charge < -0.3 is 9.84 Å². The molecule has 0 aliphatic heterocycles. The predicted octanol–water partition coefficient (Wildman–Crippen LogP) is 1.85. The molecule has 0 heterocycles. The van der Waals surface area contributed by atoms with E-state index in [4.69, 9.17) is 5.11 Å². The number of carbonyl (C=O) groups excluding carboxylic acids is 1. The SMILES string of the molecule is C=C(C)C(=O)O.COC(=O)CC(C)C. The lowest BCUT2D eigenvalue weighted by Crippen LogP contribution is -2.03. The summed E-state index contributed by atoms with van der Waals surface area (Å²) in [6, 6.07) is 0. The second kappa shape index (κ2) is 8.29. The maximum atomic E-state index is 10.4. The minimum Gasteiger partial charge on any atom is -0.478 e. The van der Waals surface area contributed by atoms with E-state index in [9.17, 15) is 9.59 Å². The lowest BCUT2D eigenvalue weighted by molar-refractivity contribution is -0.141. The van der Waals surface area contributed by atoms with Crippen molar-refractivity contribution >= 4 is 11.9 Å². The van der Waals surface area contributed by atoms with Gasteiger partial charge in [-0.2, -0.15) is 0 Å². The number of carboxylic acid groups (broad SMARTS) is 1. The predicted molar refractivity (Wildman–Crippen MR) is 53.9 cm³/mol. The van der Waals surface area contributed by atoms with Crippen molar-refractivity contribution < 1.29 is 19.4 Å². The van der Waals surface area contributed by atoms with Gasteiger partial charge in [-0.25, -0.2) is 4.79 Å². The Morgan fingerprint density at radius 2 is 1.79 bits per heavy atom. The molecule has 0 atom stereocenters. The third-order valence-corrected chi connectivity index (χ3v) is 1.17. The van der Waals surface area contributed by atoms with Crippen molar-refractivity contribution in [2.24, 2.45) is 5.92 Å². The number of aliphatic carboxylic acids is 1. The second-order valence-electron chi connectivity index (χ2n) is 3.26. The Labute approximate surface area is 84.6 Å². The van der Waals surface area contributed by atoms with Crippen LogP contribution in [0.4, 0.5) is 0 Å². The number of methoxy groups -OCH3 is 1. The van der Waals surface area contributed by atoms with Crippen LogP contribution in [0.5, 0.6) is 0 Å². The van der Waals surface area contributed by atoms with Crippen LogP contribution in [-0.2, 0) is 14.3 Å². The molecular weight excluding hydrogens is 184 g/mol. The largest absolute Gasteiger partial charge is 0.478 e. The molecular formula is C10H18O4. The molecule has 14 heavy (non-hydrogen) atoms. The normalized spacial score (nSPS) is 8.64. The molecule has 4 heteroatoms. The zero-order valence-electron chi connectivity index (χ0n) is 9.16. The maximum absolute atomic E-state index is 10.4. The summed E-state index contributed by atoms with van der Waals surface area (Å²) in [5.41, 5.74) is 0.176. The summed E-state index contributed by atoms with van der Waals surface area (Å²) < 4.78 is 4.42. The highest BCUT2D eigenvalue weighted by Crippen LogP contribution is 1.98. The summed E-state index contributed by atoms with van der Waals surface area (Å²) in [7, 11) is 1.41. The van der Waals surface area contributed by atoms with Gasteiger partial charge in [0.15, 0.2) is 0 Å². The number of ether oxygens (including phenoxy) is 1. The lowest BCUT2D eigenvalue weighted by Gasteiger charge is -1.99. The first-order chi connectivity index (χ1) is 6.31. The molecule has 0 amide bonds. The Kier molecular flexibility index (Phi) is 8.98. The Morgan fingerprint density at radius 3 is 1.86 bits per heavy atom. The van der Waals surface area contributed by atoms with Gasteiger partial charge >= 0.3 is 11.9 Å². The van der Waals surface area contributed by atoms with Gasteiger partial charge in [0.2, 0.25) is 0 Å². The van der Waals surface area contributed by atoms with Gasteiger partial charge in [-0.05, 0) is 12.8 Å². The van der Waals surface area contributed by atoms with E-state index in [-0.39, 0.29) is 11.5 Å². The first-order valence-electron chi connectivity index (χ1n) is 4.26. The summed E-state index contributed by atoms with van der Waals surface area (Å²) in [6.45, 7) is 8.57. The van der Waals surface area contributed by atoms with Crippen LogP contribution in [0.25, 0.3) is 0 Å². The van der Waals surface area contributed by atoms with Crippen LogP contribution in [0.2, 0.25) is 0 Å². The lowest BCUT2D eigenvalue weighted by atomic mass is 10.1. The first kappa shape index (κ1) is 15.2. The molecule has 0 bridgehead atoms. The van der Waals surface area contributed by atoms with E-state index in [0.717, 1.165) is 0 Å². The molecule has 1 N–H and O–H groups in total. The quantitative estimate of drug-likeness (QED) is 0.560. The summed E-state index contributed by atoms with van der Waals surface area (Å²) in [4.78, 5) is 20.0. The Bertz CT molecular complexity index is 194.